The van der Waals surface area contributed by atoms with E-state index in [-0.39, 0.29) is 31.1 Å². The Balaban J connectivity index is 4.27. The second-order valence-corrected chi connectivity index (χ2v) is 18.8. The molecular formula is C57H106O6. The van der Waals surface area contributed by atoms with E-state index in [0.29, 0.717) is 19.3 Å². The summed E-state index contributed by atoms with van der Waals surface area (Å²) in [7, 11) is 0. The molecule has 6 nitrogen and oxygen atoms in total. The topological polar surface area (TPSA) is 78.9 Å². The second-order valence-electron chi connectivity index (χ2n) is 18.8. The van der Waals surface area contributed by atoms with Crippen LogP contribution in [0.25, 0.3) is 0 Å². The molecule has 0 amide bonds. The predicted molar refractivity (Wildman–Crippen MR) is 270 cm³/mol. The fourth-order valence-electron chi connectivity index (χ4n) is 8.20. The van der Waals surface area contributed by atoms with Gasteiger partial charge in [0.25, 0.3) is 0 Å². The van der Waals surface area contributed by atoms with Gasteiger partial charge >= 0.3 is 17.9 Å². The van der Waals surface area contributed by atoms with Crippen LogP contribution in [0.15, 0.2) is 24.3 Å². The van der Waals surface area contributed by atoms with Crippen LogP contribution >= 0.6 is 0 Å². The summed E-state index contributed by atoms with van der Waals surface area (Å²) >= 11 is 0. The molecule has 0 aromatic heterocycles. The van der Waals surface area contributed by atoms with Gasteiger partial charge in [-0.3, -0.25) is 14.4 Å². The Labute approximate surface area is 392 Å². The third kappa shape index (κ3) is 50.7. The predicted octanol–water partition coefficient (Wildman–Crippen LogP) is 18.3. The molecule has 0 aromatic rings. The standard InChI is InChI=1S/C57H106O6/c1-4-7-10-13-16-19-22-25-26-27-28-29-30-31-33-35-38-41-44-47-50-56(59)62-53-54(52-61-55(58)49-46-43-40-37-34-24-21-18-15-12-9-6-3)63-57(60)51-48-45-42-39-36-32-23-20-17-14-11-8-5-2/h18,20-21,23,54H,4-17,19,22,24-53H2,1-3H3/b21-18-,23-20-. The average molecular weight is 887 g/mol. The van der Waals surface area contributed by atoms with Crippen LogP contribution in [0, 0.1) is 0 Å². The van der Waals surface area contributed by atoms with Gasteiger partial charge in [0, 0.05) is 19.3 Å². The fourth-order valence-corrected chi connectivity index (χ4v) is 8.20. The number of rotatable bonds is 51. The zero-order valence-electron chi connectivity index (χ0n) is 42.4. The summed E-state index contributed by atoms with van der Waals surface area (Å²) in [6.07, 6.45) is 60.3. The van der Waals surface area contributed by atoms with Crippen molar-refractivity contribution in [2.24, 2.45) is 0 Å². The van der Waals surface area contributed by atoms with Crippen LogP contribution in [0.5, 0.6) is 0 Å². The lowest BCUT2D eigenvalue weighted by Crippen LogP contribution is -2.30. The largest absolute Gasteiger partial charge is 0.462 e. The lowest BCUT2D eigenvalue weighted by atomic mass is 10.0. The first kappa shape index (κ1) is 60.9. The van der Waals surface area contributed by atoms with Gasteiger partial charge in [0.2, 0.25) is 0 Å². The number of hydrogen-bond donors (Lipinski definition) is 0. The normalized spacial score (nSPS) is 12.1. The van der Waals surface area contributed by atoms with Gasteiger partial charge in [-0.25, -0.2) is 0 Å². The van der Waals surface area contributed by atoms with Crippen LogP contribution < -0.4 is 0 Å². The van der Waals surface area contributed by atoms with Crippen molar-refractivity contribution in [3.63, 3.8) is 0 Å². The van der Waals surface area contributed by atoms with E-state index >= 15 is 0 Å². The molecule has 370 valence electrons. The lowest BCUT2D eigenvalue weighted by Gasteiger charge is -2.18. The molecule has 0 fully saturated rings. The van der Waals surface area contributed by atoms with Crippen LogP contribution in [0.4, 0.5) is 0 Å². The lowest BCUT2D eigenvalue weighted by molar-refractivity contribution is -0.167. The number of ether oxygens (including phenoxy) is 3. The van der Waals surface area contributed by atoms with Gasteiger partial charge in [-0.2, -0.15) is 0 Å². The Morgan fingerprint density at radius 1 is 0.302 bits per heavy atom. The maximum Gasteiger partial charge on any atom is 0.306 e. The third-order valence-corrected chi connectivity index (χ3v) is 12.4. The van der Waals surface area contributed by atoms with E-state index in [0.717, 1.165) is 70.6 Å². The third-order valence-electron chi connectivity index (χ3n) is 12.4. The molecule has 0 aromatic carbocycles. The first-order valence-corrected chi connectivity index (χ1v) is 27.8. The Morgan fingerprint density at radius 3 is 0.841 bits per heavy atom. The van der Waals surface area contributed by atoms with Crippen molar-refractivity contribution in [1.29, 1.82) is 0 Å². The van der Waals surface area contributed by atoms with E-state index in [9.17, 15) is 14.4 Å². The summed E-state index contributed by atoms with van der Waals surface area (Å²) in [6.45, 7) is 6.62. The number of unbranched alkanes of at least 4 members (excludes halogenated alkanes) is 36. The highest BCUT2D eigenvalue weighted by Gasteiger charge is 2.19. The molecule has 6 heteroatoms. The summed E-state index contributed by atoms with van der Waals surface area (Å²) < 4.78 is 16.8. The Bertz CT molecular complexity index is 1020. The van der Waals surface area contributed by atoms with Gasteiger partial charge in [0.15, 0.2) is 6.10 Å². The molecule has 0 saturated carbocycles. The number of esters is 3. The van der Waals surface area contributed by atoms with Gasteiger partial charge in [-0.1, -0.05) is 238 Å². The fraction of sp³-hybridized carbons (Fsp3) is 0.877. The number of allylic oxidation sites excluding steroid dienone is 4. The van der Waals surface area contributed by atoms with Gasteiger partial charge < -0.3 is 14.2 Å². The Morgan fingerprint density at radius 2 is 0.524 bits per heavy atom. The van der Waals surface area contributed by atoms with Crippen molar-refractivity contribution in [1.82, 2.24) is 0 Å². The molecule has 0 saturated heterocycles. The molecule has 0 heterocycles. The van der Waals surface area contributed by atoms with Gasteiger partial charge in [0.05, 0.1) is 0 Å². The van der Waals surface area contributed by atoms with E-state index in [1.165, 1.54) is 193 Å². The molecule has 0 bridgehead atoms. The summed E-state index contributed by atoms with van der Waals surface area (Å²) in [5.41, 5.74) is 0. The van der Waals surface area contributed by atoms with Crippen molar-refractivity contribution < 1.29 is 28.6 Å². The molecule has 0 aliphatic rings. The van der Waals surface area contributed by atoms with Crippen LogP contribution in [-0.2, 0) is 28.6 Å². The molecule has 0 radical (unpaired) electrons. The van der Waals surface area contributed by atoms with Crippen molar-refractivity contribution >= 4 is 17.9 Å². The van der Waals surface area contributed by atoms with Gasteiger partial charge in [-0.15, -0.1) is 0 Å². The number of carbonyl (C=O) groups is 3. The van der Waals surface area contributed by atoms with Crippen LogP contribution in [-0.4, -0.2) is 37.2 Å². The minimum atomic E-state index is -0.774. The zero-order valence-corrected chi connectivity index (χ0v) is 42.4. The molecule has 0 aliphatic heterocycles. The number of hydrogen-bond acceptors (Lipinski definition) is 6. The molecule has 1 atom stereocenters. The zero-order chi connectivity index (χ0) is 45.8. The van der Waals surface area contributed by atoms with Crippen LogP contribution in [0.1, 0.15) is 303 Å². The molecule has 0 N–H and O–H groups in total. The first-order chi connectivity index (χ1) is 31.0. The molecule has 0 spiro atoms. The molecule has 0 rings (SSSR count). The summed E-state index contributed by atoms with van der Waals surface area (Å²) in [6, 6.07) is 0. The SMILES string of the molecule is CCCCC/C=C\CCCCCCCC(=O)OCC(COC(=O)CCCCCCCCCCCCCCCCCCCCCC)OC(=O)CCCCCCC/C=C\CCCCCC. The molecule has 1 unspecified atom stereocenters. The maximum absolute atomic E-state index is 12.8. The van der Waals surface area contributed by atoms with Crippen molar-refractivity contribution in [2.45, 2.75) is 309 Å². The minimum absolute atomic E-state index is 0.0732. The van der Waals surface area contributed by atoms with Crippen LogP contribution in [0.2, 0.25) is 0 Å². The van der Waals surface area contributed by atoms with Crippen molar-refractivity contribution in [3.05, 3.63) is 24.3 Å². The highest BCUT2D eigenvalue weighted by atomic mass is 16.6. The van der Waals surface area contributed by atoms with E-state index < -0.39 is 6.10 Å². The molecule has 63 heavy (non-hydrogen) atoms. The Hall–Kier alpha value is -2.11. The van der Waals surface area contributed by atoms with E-state index in [1.807, 2.05) is 0 Å². The van der Waals surface area contributed by atoms with Gasteiger partial charge in [-0.05, 0) is 70.6 Å². The quantitative estimate of drug-likeness (QED) is 0.0262. The van der Waals surface area contributed by atoms with Crippen molar-refractivity contribution in [3.8, 4) is 0 Å². The minimum Gasteiger partial charge on any atom is -0.462 e. The maximum atomic E-state index is 12.8. The molecule has 0 aliphatic carbocycles. The molecular weight excluding hydrogens is 781 g/mol. The second kappa shape index (κ2) is 52.5. The highest BCUT2D eigenvalue weighted by Crippen LogP contribution is 2.16. The van der Waals surface area contributed by atoms with E-state index in [4.69, 9.17) is 14.2 Å². The van der Waals surface area contributed by atoms with Crippen molar-refractivity contribution in [2.75, 3.05) is 13.2 Å². The average Bonchev–Trinajstić information content (AvgIpc) is 3.28. The summed E-state index contributed by atoms with van der Waals surface area (Å²) in [5, 5.41) is 0. The first-order valence-electron chi connectivity index (χ1n) is 27.8. The highest BCUT2D eigenvalue weighted by molar-refractivity contribution is 5.71. The Kier molecular flexibility index (Phi) is 50.8. The number of carbonyl (C=O) groups excluding carboxylic acids is 3. The van der Waals surface area contributed by atoms with Gasteiger partial charge in [0.1, 0.15) is 13.2 Å². The van der Waals surface area contributed by atoms with E-state index in [1.54, 1.807) is 0 Å². The van der Waals surface area contributed by atoms with E-state index in [2.05, 4.69) is 45.1 Å². The monoisotopic (exact) mass is 887 g/mol. The smallest absolute Gasteiger partial charge is 0.306 e. The summed E-state index contributed by atoms with van der Waals surface area (Å²) in [4.78, 5) is 38.0. The summed E-state index contributed by atoms with van der Waals surface area (Å²) in [5.74, 6) is -0.876. The van der Waals surface area contributed by atoms with Crippen LogP contribution in [0.3, 0.4) is 0 Å².